The summed E-state index contributed by atoms with van der Waals surface area (Å²) in [6, 6.07) is -0.519. The van der Waals surface area contributed by atoms with Crippen LogP contribution in [0.5, 0.6) is 0 Å². The lowest BCUT2D eigenvalue weighted by Crippen LogP contribution is -2.47. The van der Waals surface area contributed by atoms with Crippen LogP contribution >= 0.6 is 0 Å². The fourth-order valence-electron chi connectivity index (χ4n) is 1.57. The summed E-state index contributed by atoms with van der Waals surface area (Å²) in [5, 5.41) is 2.25. The average Bonchev–Trinajstić information content (AvgIpc) is 2.23. The summed E-state index contributed by atoms with van der Waals surface area (Å²) in [6.07, 6.45) is -2.24. The van der Waals surface area contributed by atoms with Gasteiger partial charge in [0.15, 0.2) is 0 Å². The molecule has 0 aromatic rings. The molecule has 1 fully saturated rings. The van der Waals surface area contributed by atoms with Crippen molar-refractivity contribution in [3.8, 4) is 0 Å². The number of carbonyl (C=O) groups is 1. The molecule has 1 aliphatic heterocycles. The maximum absolute atomic E-state index is 12.3. The van der Waals surface area contributed by atoms with Gasteiger partial charge in [0, 0.05) is 13.1 Å². The molecule has 1 N–H and O–H groups in total. The third-order valence-electron chi connectivity index (χ3n) is 2.55. The quantitative estimate of drug-likeness (QED) is 0.762. The fourth-order valence-corrected chi connectivity index (χ4v) is 1.57. The molecule has 1 heterocycles. The van der Waals surface area contributed by atoms with Gasteiger partial charge in [0.05, 0.1) is 24.5 Å². The molecule has 2 aliphatic rings. The van der Waals surface area contributed by atoms with Gasteiger partial charge in [0.25, 0.3) is 0 Å². The van der Waals surface area contributed by atoms with E-state index in [1.807, 2.05) is 0 Å². The van der Waals surface area contributed by atoms with Crippen LogP contribution in [0, 0.1) is 0 Å². The van der Waals surface area contributed by atoms with E-state index in [-0.39, 0.29) is 5.70 Å². The van der Waals surface area contributed by atoms with Crippen LogP contribution in [0.4, 0.5) is 18.0 Å². The molecule has 2 rings (SSSR count). The molecule has 0 saturated carbocycles. The second kappa shape index (κ2) is 4.40. The zero-order valence-corrected chi connectivity index (χ0v) is 8.88. The summed E-state index contributed by atoms with van der Waals surface area (Å²) in [5.41, 5.74) is -0.965. The predicted octanol–water partition coefficient (Wildman–Crippen LogP) is 1.41. The minimum Gasteiger partial charge on any atom is -0.378 e. The Labute approximate surface area is 95.7 Å². The van der Waals surface area contributed by atoms with Gasteiger partial charge in [-0.05, 0) is 12.2 Å². The zero-order valence-electron chi connectivity index (χ0n) is 8.88. The highest BCUT2D eigenvalue weighted by Crippen LogP contribution is 2.34. The standard InChI is InChI=1S/C10H11F3N2O2/c11-10(12,13)7-1-2-8(7)14-9(16)15-3-5-17-6-4-15/h1-2H,3-6H2,(H,14,16). The van der Waals surface area contributed by atoms with E-state index in [9.17, 15) is 18.0 Å². The van der Waals surface area contributed by atoms with E-state index < -0.39 is 17.8 Å². The first-order valence-corrected chi connectivity index (χ1v) is 5.12. The van der Waals surface area contributed by atoms with Crippen LogP contribution in [0.25, 0.3) is 0 Å². The van der Waals surface area contributed by atoms with E-state index in [1.165, 1.54) is 11.0 Å². The smallest absolute Gasteiger partial charge is 0.378 e. The summed E-state index contributed by atoms with van der Waals surface area (Å²) in [4.78, 5) is 13.0. The number of hydrogen-bond acceptors (Lipinski definition) is 2. The van der Waals surface area contributed by atoms with Crippen LogP contribution < -0.4 is 5.32 Å². The highest BCUT2D eigenvalue weighted by atomic mass is 19.4. The molecule has 0 spiro atoms. The van der Waals surface area contributed by atoms with Crippen molar-refractivity contribution in [1.82, 2.24) is 10.2 Å². The lowest BCUT2D eigenvalue weighted by Gasteiger charge is -2.29. The molecule has 0 unspecified atom stereocenters. The molecular formula is C10H11F3N2O2. The number of hydrogen-bond donors (Lipinski definition) is 1. The van der Waals surface area contributed by atoms with Crippen molar-refractivity contribution in [3.05, 3.63) is 23.4 Å². The summed E-state index contributed by atoms with van der Waals surface area (Å²) in [7, 11) is 0. The first kappa shape index (κ1) is 12.0. The topological polar surface area (TPSA) is 41.6 Å². The molecule has 4 nitrogen and oxygen atoms in total. The molecule has 0 atom stereocenters. The fraction of sp³-hybridized carbons (Fsp3) is 0.500. The number of halogens is 3. The summed E-state index contributed by atoms with van der Waals surface area (Å²) in [5.74, 6) is 0. The highest BCUT2D eigenvalue weighted by Gasteiger charge is 2.39. The molecule has 7 heteroatoms. The molecule has 17 heavy (non-hydrogen) atoms. The van der Waals surface area contributed by atoms with Crippen LogP contribution in [0.2, 0.25) is 0 Å². The van der Waals surface area contributed by atoms with Crippen molar-refractivity contribution in [1.29, 1.82) is 0 Å². The Balaban J connectivity index is 1.88. The number of morpholine rings is 1. The molecule has 0 aromatic carbocycles. The van der Waals surface area contributed by atoms with E-state index in [0.29, 0.717) is 26.3 Å². The Morgan fingerprint density at radius 1 is 1.29 bits per heavy atom. The SMILES string of the molecule is O=C(NC1=CC=C1C(F)(F)F)N1CCOCC1. The third kappa shape index (κ3) is 2.60. The Morgan fingerprint density at radius 3 is 2.41 bits per heavy atom. The second-order valence-electron chi connectivity index (χ2n) is 3.69. The van der Waals surface area contributed by atoms with Crippen molar-refractivity contribution in [2.24, 2.45) is 0 Å². The maximum atomic E-state index is 12.3. The van der Waals surface area contributed by atoms with E-state index in [4.69, 9.17) is 4.74 Å². The number of rotatable bonds is 1. The molecule has 1 saturated heterocycles. The van der Waals surface area contributed by atoms with E-state index in [0.717, 1.165) is 6.08 Å². The Kier molecular flexibility index (Phi) is 3.10. The van der Waals surface area contributed by atoms with Gasteiger partial charge in [-0.15, -0.1) is 0 Å². The number of carbonyl (C=O) groups excluding carboxylic acids is 1. The summed E-state index contributed by atoms with van der Waals surface area (Å²) < 4.78 is 42.1. The number of allylic oxidation sites excluding steroid dienone is 3. The first-order valence-electron chi connectivity index (χ1n) is 5.12. The Morgan fingerprint density at radius 2 is 1.94 bits per heavy atom. The normalized spacial score (nSPS) is 20.3. The molecule has 94 valence electrons. The first-order chi connectivity index (χ1) is 7.98. The molecule has 0 radical (unpaired) electrons. The van der Waals surface area contributed by atoms with Gasteiger partial charge in [-0.3, -0.25) is 0 Å². The Bertz CT molecular complexity index is 382. The van der Waals surface area contributed by atoms with Crippen molar-refractivity contribution in [2.75, 3.05) is 26.3 Å². The number of ether oxygens (including phenoxy) is 1. The van der Waals surface area contributed by atoms with Gasteiger partial charge in [0.2, 0.25) is 0 Å². The molecule has 0 aromatic heterocycles. The third-order valence-corrected chi connectivity index (χ3v) is 2.55. The minimum absolute atomic E-state index is 0.172. The van der Waals surface area contributed by atoms with Crippen LogP contribution in [0.15, 0.2) is 23.4 Å². The van der Waals surface area contributed by atoms with Gasteiger partial charge < -0.3 is 15.0 Å². The van der Waals surface area contributed by atoms with Gasteiger partial charge in [0.1, 0.15) is 0 Å². The maximum Gasteiger partial charge on any atom is 0.418 e. The number of nitrogens with one attached hydrogen (secondary N) is 1. The van der Waals surface area contributed by atoms with E-state index in [2.05, 4.69) is 5.32 Å². The largest absolute Gasteiger partial charge is 0.418 e. The van der Waals surface area contributed by atoms with Crippen LogP contribution in [0.1, 0.15) is 0 Å². The van der Waals surface area contributed by atoms with Crippen molar-refractivity contribution < 1.29 is 22.7 Å². The second-order valence-corrected chi connectivity index (χ2v) is 3.69. The number of nitrogens with zero attached hydrogens (tertiary/aromatic N) is 1. The average molecular weight is 248 g/mol. The van der Waals surface area contributed by atoms with Crippen molar-refractivity contribution >= 4 is 6.03 Å². The van der Waals surface area contributed by atoms with Gasteiger partial charge >= 0.3 is 12.2 Å². The van der Waals surface area contributed by atoms with Crippen LogP contribution in [-0.2, 0) is 4.74 Å². The number of amides is 2. The predicted molar refractivity (Wildman–Crippen MR) is 53.1 cm³/mol. The van der Waals surface area contributed by atoms with Gasteiger partial charge in [-0.1, -0.05) is 0 Å². The van der Waals surface area contributed by atoms with E-state index in [1.54, 1.807) is 0 Å². The zero-order chi connectivity index (χ0) is 12.5. The Hall–Kier alpha value is -1.50. The van der Waals surface area contributed by atoms with Crippen molar-refractivity contribution in [2.45, 2.75) is 6.18 Å². The summed E-state index contributed by atoms with van der Waals surface area (Å²) >= 11 is 0. The van der Waals surface area contributed by atoms with Crippen LogP contribution in [0.3, 0.4) is 0 Å². The summed E-state index contributed by atoms with van der Waals surface area (Å²) in [6.45, 7) is 1.61. The van der Waals surface area contributed by atoms with Gasteiger partial charge in [-0.2, -0.15) is 13.2 Å². The number of alkyl halides is 3. The van der Waals surface area contributed by atoms with Crippen molar-refractivity contribution in [3.63, 3.8) is 0 Å². The molecule has 2 amide bonds. The van der Waals surface area contributed by atoms with Gasteiger partial charge in [-0.25, -0.2) is 4.79 Å². The van der Waals surface area contributed by atoms with Crippen LogP contribution in [-0.4, -0.2) is 43.4 Å². The highest BCUT2D eigenvalue weighted by molar-refractivity contribution is 5.78. The monoisotopic (exact) mass is 248 g/mol. The molecular weight excluding hydrogens is 237 g/mol. The minimum atomic E-state index is -4.41. The van der Waals surface area contributed by atoms with E-state index >= 15 is 0 Å². The lowest BCUT2D eigenvalue weighted by atomic mass is 10.0. The lowest BCUT2D eigenvalue weighted by molar-refractivity contribution is -0.0906. The molecule has 0 bridgehead atoms. The number of urea groups is 1. The molecule has 1 aliphatic carbocycles.